The van der Waals surface area contributed by atoms with Crippen LogP contribution in [0.3, 0.4) is 0 Å². The SMILES string of the molecule is Cc1ccccc1CNc1ccc(NC(=O)C(C)(C)C)nn1. The monoisotopic (exact) mass is 298 g/mol. The molecule has 1 aromatic carbocycles. The van der Waals surface area contributed by atoms with E-state index in [0.717, 1.165) is 0 Å². The van der Waals surface area contributed by atoms with Crippen molar-refractivity contribution in [3.63, 3.8) is 0 Å². The Hall–Kier alpha value is -2.43. The number of carbonyl (C=O) groups excluding carboxylic acids is 1. The van der Waals surface area contributed by atoms with E-state index in [-0.39, 0.29) is 5.91 Å². The number of hydrogen-bond acceptors (Lipinski definition) is 4. The quantitative estimate of drug-likeness (QED) is 0.908. The van der Waals surface area contributed by atoms with Gasteiger partial charge in [-0.25, -0.2) is 0 Å². The summed E-state index contributed by atoms with van der Waals surface area (Å²) in [5.41, 5.74) is 2.00. The van der Waals surface area contributed by atoms with Gasteiger partial charge in [-0.1, -0.05) is 45.0 Å². The molecule has 0 bridgehead atoms. The number of aryl methyl sites for hydroxylation is 1. The van der Waals surface area contributed by atoms with E-state index in [2.05, 4.69) is 39.9 Å². The third-order valence-corrected chi connectivity index (χ3v) is 3.31. The van der Waals surface area contributed by atoms with Gasteiger partial charge >= 0.3 is 0 Å². The molecule has 116 valence electrons. The van der Waals surface area contributed by atoms with E-state index in [1.54, 1.807) is 6.07 Å². The zero-order valence-corrected chi connectivity index (χ0v) is 13.5. The molecule has 1 heterocycles. The summed E-state index contributed by atoms with van der Waals surface area (Å²) in [7, 11) is 0. The van der Waals surface area contributed by atoms with Crippen molar-refractivity contribution in [3.8, 4) is 0 Å². The number of anilines is 2. The molecule has 0 saturated carbocycles. The Morgan fingerprint density at radius 1 is 1.05 bits per heavy atom. The average Bonchev–Trinajstić information content (AvgIpc) is 2.47. The van der Waals surface area contributed by atoms with Gasteiger partial charge in [0.25, 0.3) is 0 Å². The highest BCUT2D eigenvalue weighted by atomic mass is 16.2. The standard InChI is InChI=1S/C17H22N4O/c1-12-7-5-6-8-13(12)11-18-14-9-10-15(21-20-14)19-16(22)17(2,3)4/h5-10H,11H2,1-4H3,(H,18,20)(H,19,21,22). The number of amides is 1. The predicted octanol–water partition coefficient (Wildman–Crippen LogP) is 3.38. The van der Waals surface area contributed by atoms with Crippen LogP contribution >= 0.6 is 0 Å². The second kappa shape index (κ2) is 6.56. The molecule has 0 aliphatic rings. The number of hydrogen-bond donors (Lipinski definition) is 2. The smallest absolute Gasteiger partial charge is 0.230 e. The first-order valence-electron chi connectivity index (χ1n) is 7.30. The molecule has 2 N–H and O–H groups in total. The van der Waals surface area contributed by atoms with Crippen molar-refractivity contribution in [2.75, 3.05) is 10.6 Å². The number of carbonyl (C=O) groups is 1. The number of rotatable bonds is 4. The molecule has 0 fully saturated rings. The van der Waals surface area contributed by atoms with E-state index in [4.69, 9.17) is 0 Å². The second-order valence-electron chi connectivity index (χ2n) is 6.29. The first kappa shape index (κ1) is 15.9. The fourth-order valence-corrected chi connectivity index (χ4v) is 1.79. The van der Waals surface area contributed by atoms with E-state index >= 15 is 0 Å². The normalized spacial score (nSPS) is 11.1. The minimum Gasteiger partial charge on any atom is -0.364 e. The summed E-state index contributed by atoms with van der Waals surface area (Å²) in [5.74, 6) is 1.06. The highest BCUT2D eigenvalue weighted by molar-refractivity contribution is 5.93. The Balaban J connectivity index is 1.95. The fourth-order valence-electron chi connectivity index (χ4n) is 1.79. The molecule has 0 atom stereocenters. The van der Waals surface area contributed by atoms with Crippen LogP contribution in [0.5, 0.6) is 0 Å². The van der Waals surface area contributed by atoms with E-state index < -0.39 is 5.41 Å². The van der Waals surface area contributed by atoms with Gasteiger partial charge in [0.2, 0.25) is 5.91 Å². The largest absolute Gasteiger partial charge is 0.364 e. The number of nitrogens with one attached hydrogen (secondary N) is 2. The molecule has 2 aromatic rings. The van der Waals surface area contributed by atoms with Crippen LogP contribution in [0.2, 0.25) is 0 Å². The van der Waals surface area contributed by atoms with Crippen molar-refractivity contribution >= 4 is 17.5 Å². The number of nitrogens with zero attached hydrogens (tertiary/aromatic N) is 2. The van der Waals surface area contributed by atoms with Crippen LogP contribution in [0.25, 0.3) is 0 Å². The highest BCUT2D eigenvalue weighted by Gasteiger charge is 2.21. The minimum atomic E-state index is -0.455. The summed E-state index contributed by atoms with van der Waals surface area (Å²) in [5, 5.41) is 14.1. The summed E-state index contributed by atoms with van der Waals surface area (Å²) in [6, 6.07) is 11.7. The van der Waals surface area contributed by atoms with Crippen molar-refractivity contribution < 1.29 is 4.79 Å². The lowest BCUT2D eigenvalue weighted by Gasteiger charge is -2.16. The molecule has 22 heavy (non-hydrogen) atoms. The fraction of sp³-hybridized carbons (Fsp3) is 0.353. The lowest BCUT2D eigenvalue weighted by Crippen LogP contribution is -2.28. The van der Waals surface area contributed by atoms with Crippen LogP contribution in [0.15, 0.2) is 36.4 Å². The van der Waals surface area contributed by atoms with E-state index in [0.29, 0.717) is 18.2 Å². The molecule has 0 unspecified atom stereocenters. The summed E-state index contributed by atoms with van der Waals surface area (Å²) in [6.45, 7) is 8.33. The maximum atomic E-state index is 11.9. The average molecular weight is 298 g/mol. The first-order chi connectivity index (χ1) is 10.4. The summed E-state index contributed by atoms with van der Waals surface area (Å²) >= 11 is 0. The lowest BCUT2D eigenvalue weighted by molar-refractivity contribution is -0.123. The molecule has 2 rings (SSSR count). The Labute approximate surface area is 131 Å². The molecular weight excluding hydrogens is 276 g/mol. The van der Waals surface area contributed by atoms with Crippen molar-refractivity contribution in [2.45, 2.75) is 34.2 Å². The number of aromatic nitrogens is 2. The van der Waals surface area contributed by atoms with Crippen molar-refractivity contribution in [1.82, 2.24) is 10.2 Å². The molecule has 0 aliphatic heterocycles. The summed E-state index contributed by atoms with van der Waals surface area (Å²) in [4.78, 5) is 11.9. The Kier molecular flexibility index (Phi) is 4.75. The first-order valence-corrected chi connectivity index (χ1v) is 7.30. The van der Waals surface area contributed by atoms with E-state index in [1.165, 1.54) is 11.1 Å². The molecular formula is C17H22N4O. The number of benzene rings is 1. The van der Waals surface area contributed by atoms with Crippen molar-refractivity contribution in [3.05, 3.63) is 47.5 Å². The highest BCUT2D eigenvalue weighted by Crippen LogP contribution is 2.16. The van der Waals surface area contributed by atoms with Crippen LogP contribution in [0.4, 0.5) is 11.6 Å². The zero-order chi connectivity index (χ0) is 16.2. The van der Waals surface area contributed by atoms with E-state index in [1.807, 2.05) is 39.0 Å². The Morgan fingerprint density at radius 3 is 2.27 bits per heavy atom. The van der Waals surface area contributed by atoms with Gasteiger partial charge in [0, 0.05) is 12.0 Å². The minimum absolute atomic E-state index is 0.0811. The Morgan fingerprint density at radius 2 is 1.68 bits per heavy atom. The maximum absolute atomic E-state index is 11.9. The van der Waals surface area contributed by atoms with Gasteiger partial charge < -0.3 is 10.6 Å². The summed E-state index contributed by atoms with van der Waals surface area (Å²) < 4.78 is 0. The molecule has 0 aliphatic carbocycles. The lowest BCUT2D eigenvalue weighted by atomic mass is 9.96. The van der Waals surface area contributed by atoms with Crippen LogP contribution in [-0.4, -0.2) is 16.1 Å². The van der Waals surface area contributed by atoms with Crippen molar-refractivity contribution in [1.29, 1.82) is 0 Å². The van der Waals surface area contributed by atoms with Gasteiger partial charge in [0.1, 0.15) is 5.82 Å². The van der Waals surface area contributed by atoms with Gasteiger partial charge in [0.05, 0.1) is 0 Å². The molecule has 0 radical (unpaired) electrons. The molecule has 1 amide bonds. The van der Waals surface area contributed by atoms with Crippen LogP contribution in [0.1, 0.15) is 31.9 Å². The molecule has 5 heteroatoms. The van der Waals surface area contributed by atoms with Crippen LogP contribution < -0.4 is 10.6 Å². The summed E-state index contributed by atoms with van der Waals surface area (Å²) in [6.07, 6.45) is 0. The topological polar surface area (TPSA) is 66.9 Å². The van der Waals surface area contributed by atoms with Crippen LogP contribution in [-0.2, 0) is 11.3 Å². The van der Waals surface area contributed by atoms with Crippen LogP contribution in [0, 0.1) is 12.3 Å². The molecule has 5 nitrogen and oxygen atoms in total. The maximum Gasteiger partial charge on any atom is 0.230 e. The second-order valence-corrected chi connectivity index (χ2v) is 6.29. The van der Waals surface area contributed by atoms with Gasteiger partial charge in [-0.2, -0.15) is 0 Å². The third-order valence-electron chi connectivity index (χ3n) is 3.31. The third kappa shape index (κ3) is 4.28. The molecule has 0 spiro atoms. The van der Waals surface area contributed by atoms with Gasteiger partial charge in [0.15, 0.2) is 5.82 Å². The van der Waals surface area contributed by atoms with Crippen molar-refractivity contribution in [2.24, 2.45) is 5.41 Å². The van der Waals surface area contributed by atoms with Gasteiger partial charge in [-0.15, -0.1) is 10.2 Å². The Bertz CT molecular complexity index is 644. The van der Waals surface area contributed by atoms with Gasteiger partial charge in [-0.3, -0.25) is 4.79 Å². The predicted molar refractivity (Wildman–Crippen MR) is 88.6 cm³/mol. The van der Waals surface area contributed by atoms with Gasteiger partial charge in [-0.05, 0) is 30.2 Å². The zero-order valence-electron chi connectivity index (χ0n) is 13.5. The molecule has 1 aromatic heterocycles. The molecule has 0 saturated heterocycles. The van der Waals surface area contributed by atoms with E-state index in [9.17, 15) is 4.79 Å².